The van der Waals surface area contributed by atoms with Crippen molar-refractivity contribution in [1.29, 1.82) is 0 Å². The normalized spacial score (nSPS) is 20.9. The highest BCUT2D eigenvalue weighted by Gasteiger charge is 2.32. The van der Waals surface area contributed by atoms with Crippen LogP contribution in [0, 0.1) is 5.92 Å². The molecule has 2 atom stereocenters. The SMILES string of the molecule is CC(OCC1CC1)C(=O)N1CCC(N(C)Cc2cc(=O)[nH]c(N(C)C)n2)C1. The summed E-state index contributed by atoms with van der Waals surface area (Å²) in [6, 6.07) is 1.79. The summed E-state index contributed by atoms with van der Waals surface area (Å²) in [6.45, 7) is 4.56. The van der Waals surface area contributed by atoms with Gasteiger partial charge in [0.25, 0.3) is 11.5 Å². The number of ether oxygens (including phenoxy) is 1. The lowest BCUT2D eigenvalue weighted by Gasteiger charge is -2.25. The lowest BCUT2D eigenvalue weighted by atomic mass is 10.2. The Balaban J connectivity index is 1.53. The molecule has 8 nitrogen and oxygen atoms in total. The van der Waals surface area contributed by atoms with Gasteiger partial charge in [0.2, 0.25) is 5.95 Å². The average molecular weight is 377 g/mol. The molecule has 1 saturated heterocycles. The smallest absolute Gasteiger partial charge is 0.252 e. The number of anilines is 1. The van der Waals surface area contributed by atoms with Crippen LogP contribution in [0.3, 0.4) is 0 Å². The van der Waals surface area contributed by atoms with E-state index < -0.39 is 0 Å². The van der Waals surface area contributed by atoms with Gasteiger partial charge in [-0.1, -0.05) is 0 Å². The van der Waals surface area contributed by atoms with E-state index in [2.05, 4.69) is 14.9 Å². The van der Waals surface area contributed by atoms with Gasteiger partial charge in [0.1, 0.15) is 6.10 Å². The van der Waals surface area contributed by atoms with Crippen molar-refractivity contribution in [3.8, 4) is 0 Å². The minimum absolute atomic E-state index is 0.0794. The first-order chi connectivity index (χ1) is 12.8. The lowest BCUT2D eigenvalue weighted by molar-refractivity contribution is -0.142. The van der Waals surface area contributed by atoms with Crippen LogP contribution in [0.1, 0.15) is 31.9 Å². The summed E-state index contributed by atoms with van der Waals surface area (Å²) in [5.74, 6) is 1.29. The second-order valence-corrected chi connectivity index (χ2v) is 8.02. The van der Waals surface area contributed by atoms with Crippen LogP contribution in [0.25, 0.3) is 0 Å². The van der Waals surface area contributed by atoms with Crippen molar-refractivity contribution in [2.24, 2.45) is 5.92 Å². The van der Waals surface area contributed by atoms with Crippen LogP contribution in [0.4, 0.5) is 5.95 Å². The molecular weight excluding hydrogens is 346 g/mol. The number of hydrogen-bond acceptors (Lipinski definition) is 6. The zero-order valence-corrected chi connectivity index (χ0v) is 16.8. The maximum absolute atomic E-state index is 12.6. The van der Waals surface area contributed by atoms with Crippen molar-refractivity contribution in [3.63, 3.8) is 0 Å². The average Bonchev–Trinajstić information content (AvgIpc) is 3.32. The van der Waals surface area contributed by atoms with Crippen molar-refractivity contribution >= 4 is 11.9 Å². The van der Waals surface area contributed by atoms with Gasteiger partial charge in [-0.05, 0) is 39.2 Å². The van der Waals surface area contributed by atoms with Crippen molar-refractivity contribution < 1.29 is 9.53 Å². The summed E-state index contributed by atoms with van der Waals surface area (Å²) in [5, 5.41) is 0. The Morgan fingerprint density at radius 2 is 2.11 bits per heavy atom. The van der Waals surface area contributed by atoms with E-state index >= 15 is 0 Å². The summed E-state index contributed by atoms with van der Waals surface area (Å²) >= 11 is 0. The second-order valence-electron chi connectivity index (χ2n) is 8.02. The number of H-pyrrole nitrogens is 1. The van der Waals surface area contributed by atoms with E-state index in [1.54, 1.807) is 4.90 Å². The molecule has 2 aliphatic rings. The summed E-state index contributed by atoms with van der Waals surface area (Å²) < 4.78 is 5.72. The third kappa shape index (κ3) is 5.29. The topological polar surface area (TPSA) is 81.8 Å². The maximum Gasteiger partial charge on any atom is 0.252 e. The monoisotopic (exact) mass is 377 g/mol. The Kier molecular flexibility index (Phi) is 6.16. The molecule has 8 heteroatoms. The number of nitrogens with one attached hydrogen (secondary N) is 1. The Hall–Kier alpha value is -1.93. The number of aromatic amines is 1. The van der Waals surface area contributed by atoms with Crippen molar-refractivity contribution in [1.82, 2.24) is 19.8 Å². The van der Waals surface area contributed by atoms with Gasteiger partial charge in [-0.15, -0.1) is 0 Å². The van der Waals surface area contributed by atoms with E-state index in [1.807, 2.05) is 33.0 Å². The molecule has 0 bridgehead atoms. The molecule has 1 aromatic heterocycles. The maximum atomic E-state index is 12.6. The predicted octanol–water partition coefficient (Wildman–Crippen LogP) is 0.684. The minimum atomic E-state index is -0.369. The van der Waals surface area contributed by atoms with Crippen LogP contribution in [0.15, 0.2) is 10.9 Å². The van der Waals surface area contributed by atoms with Gasteiger partial charge in [-0.2, -0.15) is 0 Å². The fourth-order valence-corrected chi connectivity index (χ4v) is 3.37. The predicted molar refractivity (Wildman–Crippen MR) is 104 cm³/mol. The number of carbonyl (C=O) groups excluding carboxylic acids is 1. The molecule has 150 valence electrons. The molecule has 2 fully saturated rings. The molecule has 1 aliphatic heterocycles. The third-order valence-corrected chi connectivity index (χ3v) is 5.34. The van der Waals surface area contributed by atoms with Gasteiger partial charge in [0.05, 0.1) is 12.3 Å². The van der Waals surface area contributed by atoms with Gasteiger partial charge in [-0.3, -0.25) is 19.5 Å². The first kappa shape index (κ1) is 19.8. The highest BCUT2D eigenvalue weighted by atomic mass is 16.5. The summed E-state index contributed by atoms with van der Waals surface area (Å²) in [4.78, 5) is 37.5. The number of rotatable bonds is 8. The standard InChI is InChI=1S/C19H31N5O3/c1-13(27-12-14-5-6-14)18(26)24-8-7-16(11-24)23(4)10-15-9-17(25)21-19(20-15)22(2)3/h9,13-14,16H,5-8,10-12H2,1-4H3,(H,20,21,25). The molecule has 1 aliphatic carbocycles. The zero-order valence-electron chi connectivity index (χ0n) is 16.8. The van der Waals surface area contributed by atoms with Gasteiger partial charge in [0.15, 0.2) is 0 Å². The van der Waals surface area contributed by atoms with Crippen LogP contribution < -0.4 is 10.5 Å². The quantitative estimate of drug-likeness (QED) is 0.718. The van der Waals surface area contributed by atoms with E-state index in [4.69, 9.17) is 4.74 Å². The van der Waals surface area contributed by atoms with E-state index in [-0.39, 0.29) is 23.6 Å². The van der Waals surface area contributed by atoms with Crippen LogP contribution in [0.2, 0.25) is 0 Å². The molecule has 2 unspecified atom stereocenters. The van der Waals surface area contributed by atoms with E-state index in [9.17, 15) is 9.59 Å². The molecule has 27 heavy (non-hydrogen) atoms. The molecule has 1 N–H and O–H groups in total. The molecule has 1 aromatic rings. The Bertz CT molecular complexity index is 716. The summed E-state index contributed by atoms with van der Waals surface area (Å²) in [5.41, 5.74) is 0.581. The Morgan fingerprint density at radius 3 is 2.78 bits per heavy atom. The van der Waals surface area contributed by atoms with E-state index in [0.29, 0.717) is 31.6 Å². The first-order valence-electron chi connectivity index (χ1n) is 9.71. The summed E-state index contributed by atoms with van der Waals surface area (Å²) in [7, 11) is 5.71. The number of likely N-dealkylation sites (N-methyl/N-ethyl adjacent to an activating group) is 1. The number of likely N-dealkylation sites (tertiary alicyclic amines) is 1. The number of hydrogen-bond donors (Lipinski definition) is 1. The molecule has 2 heterocycles. The van der Waals surface area contributed by atoms with Crippen molar-refractivity contribution in [2.75, 3.05) is 45.7 Å². The van der Waals surface area contributed by atoms with E-state index in [0.717, 1.165) is 18.7 Å². The van der Waals surface area contributed by atoms with Crippen LogP contribution >= 0.6 is 0 Å². The molecular formula is C19H31N5O3. The molecule has 0 radical (unpaired) electrons. The number of carbonyl (C=O) groups is 1. The van der Waals surface area contributed by atoms with Crippen LogP contribution in [-0.2, 0) is 16.1 Å². The Labute approximate surface area is 160 Å². The molecule has 0 aromatic carbocycles. The molecule has 1 amide bonds. The van der Waals surface area contributed by atoms with Crippen LogP contribution in [0.5, 0.6) is 0 Å². The molecule has 3 rings (SSSR count). The second kappa shape index (κ2) is 8.39. The zero-order chi connectivity index (χ0) is 19.6. The third-order valence-electron chi connectivity index (χ3n) is 5.34. The molecule has 0 spiro atoms. The molecule has 1 saturated carbocycles. The van der Waals surface area contributed by atoms with Gasteiger partial charge in [0, 0.05) is 45.8 Å². The van der Waals surface area contributed by atoms with Crippen LogP contribution in [-0.4, -0.2) is 78.7 Å². The van der Waals surface area contributed by atoms with Crippen molar-refractivity contribution in [2.45, 2.75) is 44.9 Å². The van der Waals surface area contributed by atoms with Crippen molar-refractivity contribution in [3.05, 3.63) is 22.1 Å². The number of nitrogens with zero attached hydrogens (tertiary/aromatic N) is 4. The highest BCUT2D eigenvalue weighted by molar-refractivity contribution is 5.80. The fraction of sp³-hybridized carbons (Fsp3) is 0.737. The largest absolute Gasteiger partial charge is 0.368 e. The van der Waals surface area contributed by atoms with Gasteiger partial charge >= 0.3 is 0 Å². The Morgan fingerprint density at radius 1 is 1.37 bits per heavy atom. The first-order valence-corrected chi connectivity index (χ1v) is 9.71. The highest BCUT2D eigenvalue weighted by Crippen LogP contribution is 2.29. The summed E-state index contributed by atoms with van der Waals surface area (Å²) in [6.07, 6.45) is 3.00. The fourth-order valence-electron chi connectivity index (χ4n) is 3.37. The number of amides is 1. The van der Waals surface area contributed by atoms with Gasteiger partial charge < -0.3 is 14.5 Å². The van der Waals surface area contributed by atoms with Gasteiger partial charge in [-0.25, -0.2) is 4.98 Å². The van der Waals surface area contributed by atoms with E-state index in [1.165, 1.54) is 18.9 Å². The lowest BCUT2D eigenvalue weighted by Crippen LogP contribution is -2.41. The minimum Gasteiger partial charge on any atom is -0.368 e. The number of aromatic nitrogens is 2.